The molecule has 2 aromatic carbocycles. The summed E-state index contributed by atoms with van der Waals surface area (Å²) in [5.41, 5.74) is 1.00. The number of hydrogen-bond donors (Lipinski definition) is 0. The summed E-state index contributed by atoms with van der Waals surface area (Å²) in [6, 6.07) is 20.1. The van der Waals surface area contributed by atoms with Crippen molar-refractivity contribution in [3.8, 4) is 5.75 Å². The Morgan fingerprint density at radius 1 is 0.971 bits per heavy atom. The van der Waals surface area contributed by atoms with E-state index in [1.54, 1.807) is 28.4 Å². The van der Waals surface area contributed by atoms with Gasteiger partial charge in [-0.2, -0.15) is 4.31 Å². The monoisotopic (exact) mass is 500 g/mol. The zero-order chi connectivity index (χ0) is 24.6. The number of hydrogen-bond acceptors (Lipinski definition) is 5. The van der Waals surface area contributed by atoms with Crippen LogP contribution in [0, 0.1) is 6.92 Å². The zero-order valence-electron chi connectivity index (χ0n) is 19.9. The molecule has 0 bridgehead atoms. The highest BCUT2D eigenvalue weighted by molar-refractivity contribution is 7.89. The van der Waals surface area contributed by atoms with Crippen molar-refractivity contribution in [2.75, 3.05) is 20.2 Å². The van der Waals surface area contributed by atoms with Gasteiger partial charge in [0.1, 0.15) is 5.75 Å². The number of benzene rings is 2. The van der Waals surface area contributed by atoms with Gasteiger partial charge in [0.2, 0.25) is 15.9 Å². The van der Waals surface area contributed by atoms with Crippen LogP contribution in [0.5, 0.6) is 5.75 Å². The minimum Gasteiger partial charge on any atom is -0.497 e. The molecule has 0 fully saturated rings. The Hall–Kier alpha value is -2.68. The number of methoxy groups -OCH3 is 1. The van der Waals surface area contributed by atoms with Crippen molar-refractivity contribution in [1.82, 2.24) is 9.21 Å². The van der Waals surface area contributed by atoms with Gasteiger partial charge < -0.3 is 9.64 Å². The number of unbranched alkanes of at least 4 members (excludes halogenated alkanes) is 1. The maximum atomic E-state index is 13.5. The van der Waals surface area contributed by atoms with E-state index in [2.05, 4.69) is 0 Å². The highest BCUT2D eigenvalue weighted by Crippen LogP contribution is 2.22. The standard InChI is InChI=1S/C26H32N2O4S2/c1-4-5-17-28(34(30,31)25-15-12-23(32-3)13-16-25)20-26(29)27(18-22-9-7-6-8-10-22)19-24-14-11-21(2)33-24/h6-16H,4-5,17-20H2,1-3H3. The molecule has 0 radical (unpaired) electrons. The molecule has 8 heteroatoms. The molecule has 0 N–H and O–H groups in total. The van der Waals surface area contributed by atoms with Gasteiger partial charge in [-0.1, -0.05) is 43.7 Å². The Kier molecular flexibility index (Phi) is 9.27. The quantitative estimate of drug-likeness (QED) is 0.348. The molecular formula is C26H32N2O4S2. The van der Waals surface area contributed by atoms with E-state index in [1.165, 1.54) is 28.4 Å². The molecule has 34 heavy (non-hydrogen) atoms. The second-order valence-corrected chi connectivity index (χ2v) is 11.4. The first kappa shape index (κ1) is 25.9. The van der Waals surface area contributed by atoms with Crippen molar-refractivity contribution in [3.63, 3.8) is 0 Å². The molecule has 1 amide bonds. The SMILES string of the molecule is CCCCN(CC(=O)N(Cc1ccccc1)Cc1ccc(C)s1)S(=O)(=O)c1ccc(OC)cc1. The molecule has 0 aliphatic heterocycles. The summed E-state index contributed by atoms with van der Waals surface area (Å²) in [5, 5.41) is 0. The van der Waals surface area contributed by atoms with Crippen LogP contribution in [0.4, 0.5) is 0 Å². The minimum absolute atomic E-state index is 0.153. The molecule has 0 atom stereocenters. The van der Waals surface area contributed by atoms with Crippen LogP contribution in [0.15, 0.2) is 71.6 Å². The molecule has 0 aliphatic rings. The van der Waals surface area contributed by atoms with E-state index in [-0.39, 0.29) is 23.9 Å². The first-order valence-electron chi connectivity index (χ1n) is 11.3. The number of nitrogens with zero attached hydrogens (tertiary/aromatic N) is 2. The van der Waals surface area contributed by atoms with E-state index in [9.17, 15) is 13.2 Å². The molecule has 1 heterocycles. The van der Waals surface area contributed by atoms with Crippen LogP contribution in [0.1, 0.15) is 35.1 Å². The normalized spacial score (nSPS) is 11.5. The Morgan fingerprint density at radius 3 is 2.26 bits per heavy atom. The van der Waals surface area contributed by atoms with E-state index < -0.39 is 10.0 Å². The van der Waals surface area contributed by atoms with Crippen molar-refractivity contribution in [2.45, 2.75) is 44.7 Å². The highest BCUT2D eigenvalue weighted by Gasteiger charge is 2.28. The number of sulfonamides is 1. The molecule has 0 saturated carbocycles. The maximum Gasteiger partial charge on any atom is 0.243 e. The van der Waals surface area contributed by atoms with Crippen LogP contribution in [-0.2, 0) is 27.9 Å². The molecule has 182 valence electrons. The lowest BCUT2D eigenvalue weighted by atomic mass is 10.2. The molecule has 0 aliphatic carbocycles. The van der Waals surface area contributed by atoms with Crippen LogP contribution in [0.25, 0.3) is 0 Å². The van der Waals surface area contributed by atoms with Crippen LogP contribution < -0.4 is 4.74 Å². The molecule has 0 unspecified atom stereocenters. The van der Waals surface area contributed by atoms with Gasteiger partial charge in [-0.25, -0.2) is 8.42 Å². The van der Waals surface area contributed by atoms with Gasteiger partial charge >= 0.3 is 0 Å². The third kappa shape index (κ3) is 6.91. The summed E-state index contributed by atoms with van der Waals surface area (Å²) in [6.07, 6.45) is 1.50. The summed E-state index contributed by atoms with van der Waals surface area (Å²) >= 11 is 1.65. The van der Waals surface area contributed by atoms with Crippen molar-refractivity contribution in [1.29, 1.82) is 0 Å². The van der Waals surface area contributed by atoms with Gasteiger partial charge in [-0.05, 0) is 55.3 Å². The second kappa shape index (κ2) is 12.1. The summed E-state index contributed by atoms with van der Waals surface area (Å²) in [6.45, 7) is 4.98. The Balaban J connectivity index is 1.85. The first-order chi connectivity index (χ1) is 16.3. The van der Waals surface area contributed by atoms with Gasteiger partial charge in [0.15, 0.2) is 0 Å². The highest BCUT2D eigenvalue weighted by atomic mass is 32.2. The predicted octanol–water partition coefficient (Wildman–Crippen LogP) is 5.08. The fraction of sp³-hybridized carbons (Fsp3) is 0.346. The third-order valence-electron chi connectivity index (χ3n) is 5.48. The molecule has 3 aromatic rings. The van der Waals surface area contributed by atoms with Gasteiger partial charge in [-0.15, -0.1) is 11.3 Å². The minimum atomic E-state index is -3.84. The first-order valence-corrected chi connectivity index (χ1v) is 13.6. The van der Waals surface area contributed by atoms with Crippen molar-refractivity contribution >= 4 is 27.3 Å². The fourth-order valence-electron chi connectivity index (χ4n) is 3.56. The van der Waals surface area contributed by atoms with E-state index in [1.807, 2.05) is 56.3 Å². The number of carbonyl (C=O) groups excluding carboxylic acids is 1. The van der Waals surface area contributed by atoms with Crippen molar-refractivity contribution in [2.24, 2.45) is 0 Å². The number of aryl methyl sites for hydroxylation is 1. The number of amides is 1. The van der Waals surface area contributed by atoms with Crippen LogP contribution in [-0.4, -0.2) is 43.7 Å². The largest absolute Gasteiger partial charge is 0.497 e. The third-order valence-corrected chi connectivity index (χ3v) is 8.33. The van der Waals surface area contributed by atoms with Crippen LogP contribution in [0.2, 0.25) is 0 Å². The van der Waals surface area contributed by atoms with Crippen LogP contribution in [0.3, 0.4) is 0 Å². The molecule has 1 aromatic heterocycles. The summed E-state index contributed by atoms with van der Waals surface area (Å²) in [4.78, 5) is 17.7. The van der Waals surface area contributed by atoms with E-state index in [0.717, 1.165) is 16.9 Å². The van der Waals surface area contributed by atoms with Crippen molar-refractivity contribution in [3.05, 3.63) is 82.0 Å². The van der Waals surface area contributed by atoms with Gasteiger partial charge in [-0.3, -0.25) is 4.79 Å². The lowest BCUT2D eigenvalue weighted by molar-refractivity contribution is -0.132. The summed E-state index contributed by atoms with van der Waals surface area (Å²) in [7, 11) is -2.30. The maximum absolute atomic E-state index is 13.5. The zero-order valence-corrected chi connectivity index (χ0v) is 21.6. The smallest absolute Gasteiger partial charge is 0.243 e. The number of rotatable bonds is 12. The van der Waals surface area contributed by atoms with Gasteiger partial charge in [0.05, 0.1) is 25.1 Å². The van der Waals surface area contributed by atoms with Crippen molar-refractivity contribution < 1.29 is 17.9 Å². The molecular weight excluding hydrogens is 468 g/mol. The van der Waals surface area contributed by atoms with E-state index >= 15 is 0 Å². The topological polar surface area (TPSA) is 66.9 Å². The molecule has 6 nitrogen and oxygen atoms in total. The Labute approximate surface area is 206 Å². The summed E-state index contributed by atoms with van der Waals surface area (Å²) < 4.78 is 33.3. The Morgan fingerprint density at radius 2 is 1.68 bits per heavy atom. The lowest BCUT2D eigenvalue weighted by Crippen LogP contribution is -2.42. The number of thiophene rings is 1. The second-order valence-electron chi connectivity index (χ2n) is 8.12. The Bertz CT molecular complexity index is 1160. The van der Waals surface area contributed by atoms with Gasteiger partial charge in [0, 0.05) is 22.8 Å². The van der Waals surface area contributed by atoms with E-state index in [0.29, 0.717) is 25.3 Å². The predicted molar refractivity (Wildman–Crippen MR) is 136 cm³/mol. The fourth-order valence-corrected chi connectivity index (χ4v) is 5.89. The number of carbonyl (C=O) groups is 1. The average molecular weight is 501 g/mol. The molecule has 0 saturated heterocycles. The van der Waals surface area contributed by atoms with Crippen LogP contribution >= 0.6 is 11.3 Å². The lowest BCUT2D eigenvalue weighted by Gasteiger charge is -2.27. The van der Waals surface area contributed by atoms with E-state index in [4.69, 9.17) is 4.74 Å². The summed E-state index contributed by atoms with van der Waals surface area (Å²) in [5.74, 6) is 0.360. The average Bonchev–Trinajstić information content (AvgIpc) is 3.26. The van der Waals surface area contributed by atoms with Gasteiger partial charge in [0.25, 0.3) is 0 Å². The molecule has 3 rings (SSSR count). The number of ether oxygens (including phenoxy) is 1. The molecule has 0 spiro atoms.